The maximum absolute atomic E-state index is 13.4. The number of Topliss-reactive ketones (excluding diaryl/α,β-unsaturated/α-hetero) is 1. The number of carbonyl (C=O) groups is 3. The molecule has 3 aliphatic heterocycles. The maximum Gasteiger partial charge on any atom is 0.232 e. The van der Waals surface area contributed by atoms with Gasteiger partial charge < -0.3 is 20.0 Å². The summed E-state index contributed by atoms with van der Waals surface area (Å²) in [4.78, 5) is 42.8. The fourth-order valence-electron chi connectivity index (χ4n) is 4.85. The van der Waals surface area contributed by atoms with Gasteiger partial charge in [-0.3, -0.25) is 14.4 Å². The Bertz CT molecular complexity index is 785. The van der Waals surface area contributed by atoms with Gasteiger partial charge in [0.1, 0.15) is 0 Å². The van der Waals surface area contributed by atoms with Gasteiger partial charge in [0, 0.05) is 76.5 Å². The van der Waals surface area contributed by atoms with Gasteiger partial charge in [-0.05, 0) is 31.2 Å². The highest BCUT2D eigenvalue weighted by atomic mass is 16.2. The molecule has 7 nitrogen and oxygen atoms in total. The largest absolute Gasteiger partial charge is 0.368 e. The lowest BCUT2D eigenvalue weighted by Crippen LogP contribution is -2.56. The van der Waals surface area contributed by atoms with Crippen LogP contribution in [-0.4, -0.2) is 79.8 Å². The molecule has 3 aliphatic rings. The van der Waals surface area contributed by atoms with E-state index in [1.165, 1.54) is 0 Å². The van der Waals surface area contributed by atoms with Gasteiger partial charge in [-0.1, -0.05) is 0 Å². The molecule has 1 aromatic carbocycles. The monoisotopic (exact) mass is 384 g/mol. The number of ketones is 1. The molecule has 150 valence electrons. The highest BCUT2D eigenvalue weighted by molar-refractivity contribution is 5.94. The van der Waals surface area contributed by atoms with Gasteiger partial charge in [-0.25, -0.2) is 0 Å². The molecule has 0 saturated carbocycles. The van der Waals surface area contributed by atoms with Crippen molar-refractivity contribution in [1.29, 1.82) is 0 Å². The number of hydrogen-bond donors (Lipinski definition) is 1. The minimum absolute atomic E-state index is 0.0559. The molecular formula is C21H28N4O3. The van der Waals surface area contributed by atoms with Crippen LogP contribution in [0.1, 0.15) is 24.2 Å². The fourth-order valence-corrected chi connectivity index (χ4v) is 4.85. The molecule has 0 unspecified atom stereocenters. The van der Waals surface area contributed by atoms with Crippen LogP contribution in [0.25, 0.3) is 0 Å². The third-order valence-electron chi connectivity index (χ3n) is 6.60. The highest BCUT2D eigenvalue weighted by Gasteiger charge is 2.56. The van der Waals surface area contributed by atoms with Crippen LogP contribution >= 0.6 is 0 Å². The summed E-state index contributed by atoms with van der Waals surface area (Å²) in [6.07, 6.45) is 0. The summed E-state index contributed by atoms with van der Waals surface area (Å²) in [5, 5.41) is 3.37. The zero-order valence-corrected chi connectivity index (χ0v) is 16.6. The maximum atomic E-state index is 13.4. The van der Waals surface area contributed by atoms with Crippen molar-refractivity contribution in [2.75, 3.05) is 57.3 Å². The predicted molar refractivity (Wildman–Crippen MR) is 106 cm³/mol. The Kier molecular flexibility index (Phi) is 4.87. The quantitative estimate of drug-likeness (QED) is 0.773. The van der Waals surface area contributed by atoms with Gasteiger partial charge in [-0.15, -0.1) is 0 Å². The van der Waals surface area contributed by atoms with E-state index in [1.807, 2.05) is 34.1 Å². The molecule has 7 heteroatoms. The van der Waals surface area contributed by atoms with Crippen LogP contribution in [0.15, 0.2) is 24.3 Å². The molecule has 0 radical (unpaired) electrons. The van der Waals surface area contributed by atoms with Crippen molar-refractivity contribution in [3.8, 4) is 0 Å². The normalized spacial score (nSPS) is 27.1. The minimum Gasteiger partial charge on any atom is -0.368 e. The summed E-state index contributed by atoms with van der Waals surface area (Å²) in [6, 6.07) is 7.67. The zero-order valence-electron chi connectivity index (χ0n) is 16.6. The first kappa shape index (κ1) is 18.9. The third kappa shape index (κ3) is 3.17. The highest BCUT2D eigenvalue weighted by Crippen LogP contribution is 2.41. The molecule has 3 saturated heterocycles. The summed E-state index contributed by atoms with van der Waals surface area (Å²) in [5.74, 6) is 0.524. The van der Waals surface area contributed by atoms with E-state index in [-0.39, 0.29) is 23.5 Å². The molecule has 4 rings (SSSR count). The average molecular weight is 384 g/mol. The standard InChI is InChI=1S/C21H28N4O3/c1-15(26)17-3-5-19(6-4-17)23-7-9-24(10-8-23)20(28)21-13-22-11-18(21)12-25(14-21)16(2)27/h3-6,18,22H,7-14H2,1-2H3/t18-,21-/m0/s1. The van der Waals surface area contributed by atoms with E-state index in [4.69, 9.17) is 0 Å². The van der Waals surface area contributed by atoms with Crippen molar-refractivity contribution >= 4 is 23.3 Å². The molecule has 2 amide bonds. The van der Waals surface area contributed by atoms with E-state index in [9.17, 15) is 14.4 Å². The number of carbonyl (C=O) groups excluding carboxylic acids is 3. The molecular weight excluding hydrogens is 356 g/mol. The van der Waals surface area contributed by atoms with Gasteiger partial charge in [-0.2, -0.15) is 0 Å². The molecule has 2 atom stereocenters. The minimum atomic E-state index is -0.461. The number of hydrogen-bond acceptors (Lipinski definition) is 5. The number of likely N-dealkylation sites (tertiary alicyclic amines) is 1. The Labute approximate surface area is 165 Å². The Morgan fingerprint density at radius 3 is 2.29 bits per heavy atom. The smallest absolute Gasteiger partial charge is 0.232 e. The Morgan fingerprint density at radius 1 is 1.00 bits per heavy atom. The molecule has 1 aromatic rings. The van der Waals surface area contributed by atoms with Crippen LogP contribution in [0.5, 0.6) is 0 Å². The number of benzene rings is 1. The van der Waals surface area contributed by atoms with E-state index >= 15 is 0 Å². The first-order chi connectivity index (χ1) is 13.4. The number of rotatable bonds is 3. The Morgan fingerprint density at radius 2 is 1.68 bits per heavy atom. The molecule has 3 fully saturated rings. The van der Waals surface area contributed by atoms with E-state index in [0.29, 0.717) is 38.3 Å². The molecule has 3 heterocycles. The fraction of sp³-hybridized carbons (Fsp3) is 0.571. The summed E-state index contributed by atoms with van der Waals surface area (Å²) in [5.41, 5.74) is 1.34. The first-order valence-electron chi connectivity index (χ1n) is 10.0. The van der Waals surface area contributed by atoms with Crippen molar-refractivity contribution in [2.24, 2.45) is 11.3 Å². The van der Waals surface area contributed by atoms with Crippen LogP contribution in [-0.2, 0) is 9.59 Å². The summed E-state index contributed by atoms with van der Waals surface area (Å²) in [7, 11) is 0. The molecule has 0 bridgehead atoms. The second-order valence-corrected chi connectivity index (χ2v) is 8.27. The van der Waals surface area contributed by atoms with Gasteiger partial charge in [0.15, 0.2) is 5.78 Å². The van der Waals surface area contributed by atoms with Crippen LogP contribution in [0.3, 0.4) is 0 Å². The summed E-state index contributed by atoms with van der Waals surface area (Å²) < 4.78 is 0. The molecule has 0 aliphatic carbocycles. The van der Waals surface area contributed by atoms with E-state index in [0.717, 1.165) is 25.3 Å². The van der Waals surface area contributed by atoms with Crippen molar-refractivity contribution in [2.45, 2.75) is 13.8 Å². The zero-order chi connectivity index (χ0) is 19.9. The average Bonchev–Trinajstić information content (AvgIpc) is 3.26. The van der Waals surface area contributed by atoms with Crippen molar-refractivity contribution in [3.63, 3.8) is 0 Å². The van der Waals surface area contributed by atoms with E-state index < -0.39 is 5.41 Å². The number of piperazine rings is 1. The summed E-state index contributed by atoms with van der Waals surface area (Å²) >= 11 is 0. The number of amides is 2. The molecule has 28 heavy (non-hydrogen) atoms. The number of fused-ring (bicyclic) bond motifs is 1. The summed E-state index contributed by atoms with van der Waals surface area (Å²) in [6.45, 7) is 8.74. The van der Waals surface area contributed by atoms with Gasteiger partial charge in [0.05, 0.1) is 5.41 Å². The van der Waals surface area contributed by atoms with Crippen molar-refractivity contribution in [1.82, 2.24) is 15.1 Å². The number of nitrogens with one attached hydrogen (secondary N) is 1. The van der Waals surface area contributed by atoms with Crippen molar-refractivity contribution < 1.29 is 14.4 Å². The topological polar surface area (TPSA) is 73.0 Å². The third-order valence-corrected chi connectivity index (χ3v) is 6.60. The Balaban J connectivity index is 1.41. The van der Waals surface area contributed by atoms with Crippen LogP contribution in [0, 0.1) is 11.3 Å². The molecule has 1 N–H and O–H groups in total. The SMILES string of the molecule is CC(=O)c1ccc(N2CCN(C(=O)[C@]34CNC[C@H]3CN(C(C)=O)C4)CC2)cc1. The van der Waals surface area contributed by atoms with Crippen LogP contribution in [0.2, 0.25) is 0 Å². The van der Waals surface area contributed by atoms with E-state index in [1.54, 1.807) is 13.8 Å². The second kappa shape index (κ2) is 7.20. The second-order valence-electron chi connectivity index (χ2n) is 8.27. The van der Waals surface area contributed by atoms with Crippen LogP contribution in [0.4, 0.5) is 5.69 Å². The number of anilines is 1. The lowest BCUT2D eigenvalue weighted by atomic mass is 9.79. The lowest BCUT2D eigenvalue weighted by molar-refractivity contribution is -0.142. The lowest BCUT2D eigenvalue weighted by Gasteiger charge is -2.40. The van der Waals surface area contributed by atoms with Gasteiger partial charge in [0.25, 0.3) is 0 Å². The Hall–Kier alpha value is -2.41. The predicted octanol–water partition coefficient (Wildman–Crippen LogP) is 0.606. The van der Waals surface area contributed by atoms with Crippen molar-refractivity contribution in [3.05, 3.63) is 29.8 Å². The van der Waals surface area contributed by atoms with Gasteiger partial charge in [0.2, 0.25) is 11.8 Å². The van der Waals surface area contributed by atoms with E-state index in [2.05, 4.69) is 10.2 Å². The van der Waals surface area contributed by atoms with Crippen LogP contribution < -0.4 is 10.2 Å². The molecule has 0 aromatic heterocycles. The number of nitrogens with zero attached hydrogens (tertiary/aromatic N) is 3. The first-order valence-corrected chi connectivity index (χ1v) is 10.0. The van der Waals surface area contributed by atoms with Gasteiger partial charge >= 0.3 is 0 Å². The molecule has 0 spiro atoms.